The maximum atomic E-state index is 12.5. The molecular weight excluding hydrogens is 441 g/mol. The van der Waals surface area contributed by atoms with Crippen LogP contribution >= 0.6 is 22.6 Å². The molecule has 0 saturated carbocycles. The second-order valence-corrected chi connectivity index (χ2v) is 7.78. The zero-order valence-electron chi connectivity index (χ0n) is 15.8. The summed E-state index contributed by atoms with van der Waals surface area (Å²) < 4.78 is 5.83. The standard InChI is InChI=1S/C20H28IN3O2/c1-4-5-11-24(3)15-20(2,16-9-7-6-8-10-16)14-22-19(25)18-12-17(13-21)26-23-18/h6-10,12H,4-5,11,13-15H2,1-3H3,(H,22,25). The van der Waals surface area contributed by atoms with E-state index in [9.17, 15) is 4.79 Å². The Bertz CT molecular complexity index is 689. The van der Waals surface area contributed by atoms with E-state index < -0.39 is 0 Å². The van der Waals surface area contributed by atoms with Crippen LogP contribution in [0.4, 0.5) is 0 Å². The van der Waals surface area contributed by atoms with Crippen molar-refractivity contribution in [1.82, 2.24) is 15.4 Å². The van der Waals surface area contributed by atoms with Gasteiger partial charge < -0.3 is 14.7 Å². The Labute approximate surface area is 169 Å². The monoisotopic (exact) mass is 469 g/mol. The van der Waals surface area contributed by atoms with Gasteiger partial charge in [0, 0.05) is 24.6 Å². The Morgan fingerprint density at radius 1 is 1.35 bits per heavy atom. The van der Waals surface area contributed by atoms with Gasteiger partial charge >= 0.3 is 0 Å². The first-order valence-electron chi connectivity index (χ1n) is 9.02. The van der Waals surface area contributed by atoms with E-state index >= 15 is 0 Å². The molecule has 1 atom stereocenters. The fourth-order valence-corrected chi connectivity index (χ4v) is 3.40. The number of unbranched alkanes of at least 4 members (excludes halogenated alkanes) is 1. The average Bonchev–Trinajstić information content (AvgIpc) is 3.14. The molecule has 1 aromatic carbocycles. The molecule has 142 valence electrons. The van der Waals surface area contributed by atoms with Crippen molar-refractivity contribution in [2.24, 2.45) is 0 Å². The van der Waals surface area contributed by atoms with Crippen molar-refractivity contribution in [3.05, 3.63) is 53.4 Å². The minimum Gasteiger partial charge on any atom is -0.360 e. The van der Waals surface area contributed by atoms with Gasteiger partial charge in [0.25, 0.3) is 5.91 Å². The van der Waals surface area contributed by atoms with Crippen LogP contribution in [-0.4, -0.2) is 42.6 Å². The van der Waals surface area contributed by atoms with E-state index in [-0.39, 0.29) is 11.3 Å². The van der Waals surface area contributed by atoms with Crippen LogP contribution in [0.5, 0.6) is 0 Å². The zero-order chi connectivity index (χ0) is 19.0. The SMILES string of the molecule is CCCCN(C)CC(C)(CNC(=O)c1cc(CI)on1)c1ccccc1. The Morgan fingerprint density at radius 2 is 2.08 bits per heavy atom. The number of nitrogens with zero attached hydrogens (tertiary/aromatic N) is 2. The summed E-state index contributed by atoms with van der Waals surface area (Å²) in [5.41, 5.74) is 1.37. The zero-order valence-corrected chi connectivity index (χ0v) is 18.0. The molecule has 5 nitrogen and oxygen atoms in total. The van der Waals surface area contributed by atoms with Gasteiger partial charge in [-0.3, -0.25) is 4.79 Å². The average molecular weight is 469 g/mol. The van der Waals surface area contributed by atoms with Gasteiger partial charge in [0.15, 0.2) is 5.69 Å². The number of likely N-dealkylation sites (N-methyl/N-ethyl adjacent to an activating group) is 1. The number of nitrogens with one attached hydrogen (secondary N) is 1. The molecule has 0 fully saturated rings. The number of benzene rings is 1. The highest BCUT2D eigenvalue weighted by atomic mass is 127. The van der Waals surface area contributed by atoms with E-state index in [1.165, 1.54) is 18.4 Å². The highest BCUT2D eigenvalue weighted by molar-refractivity contribution is 14.1. The Kier molecular flexibility index (Phi) is 8.09. The molecule has 0 spiro atoms. The number of aromatic nitrogens is 1. The van der Waals surface area contributed by atoms with Gasteiger partial charge in [-0.05, 0) is 25.6 Å². The number of carbonyl (C=O) groups excluding carboxylic acids is 1. The Balaban J connectivity index is 2.09. The molecule has 1 N–H and O–H groups in total. The predicted octanol–water partition coefficient (Wildman–Crippen LogP) is 4.03. The van der Waals surface area contributed by atoms with Gasteiger partial charge in [-0.25, -0.2) is 0 Å². The van der Waals surface area contributed by atoms with E-state index in [1.807, 2.05) is 18.2 Å². The van der Waals surface area contributed by atoms with Crippen molar-refractivity contribution >= 4 is 28.5 Å². The van der Waals surface area contributed by atoms with Crippen molar-refractivity contribution in [2.45, 2.75) is 36.5 Å². The topological polar surface area (TPSA) is 58.4 Å². The number of hydrogen-bond donors (Lipinski definition) is 1. The van der Waals surface area contributed by atoms with Crippen LogP contribution in [0.15, 0.2) is 40.9 Å². The van der Waals surface area contributed by atoms with Crippen LogP contribution in [0.3, 0.4) is 0 Å². The third-order valence-corrected chi connectivity index (χ3v) is 5.30. The molecule has 1 heterocycles. The summed E-state index contributed by atoms with van der Waals surface area (Å²) in [6.07, 6.45) is 2.35. The second kappa shape index (κ2) is 10.1. The lowest BCUT2D eigenvalue weighted by Crippen LogP contribution is -2.46. The lowest BCUT2D eigenvalue weighted by atomic mass is 9.81. The minimum atomic E-state index is -0.191. The molecular formula is C20H28IN3O2. The van der Waals surface area contributed by atoms with Gasteiger partial charge in [-0.2, -0.15) is 0 Å². The third-order valence-electron chi connectivity index (χ3n) is 4.55. The fraction of sp³-hybridized carbons (Fsp3) is 0.500. The predicted molar refractivity (Wildman–Crippen MR) is 113 cm³/mol. The van der Waals surface area contributed by atoms with E-state index in [4.69, 9.17) is 4.52 Å². The van der Waals surface area contributed by atoms with Crippen LogP contribution in [0, 0.1) is 0 Å². The van der Waals surface area contributed by atoms with E-state index in [0.29, 0.717) is 22.4 Å². The Morgan fingerprint density at radius 3 is 2.69 bits per heavy atom. The second-order valence-electron chi connectivity index (χ2n) is 7.01. The van der Waals surface area contributed by atoms with Gasteiger partial charge in [0.1, 0.15) is 5.76 Å². The molecule has 0 aliphatic carbocycles. The fourth-order valence-electron chi connectivity index (χ4n) is 3.04. The summed E-state index contributed by atoms with van der Waals surface area (Å²) >= 11 is 2.19. The quantitative estimate of drug-likeness (QED) is 0.422. The summed E-state index contributed by atoms with van der Waals surface area (Å²) in [6.45, 7) is 6.86. The lowest BCUT2D eigenvalue weighted by molar-refractivity contribution is 0.0930. The molecule has 1 amide bonds. The molecule has 0 bridgehead atoms. The molecule has 6 heteroatoms. The molecule has 0 radical (unpaired) electrons. The first-order valence-corrected chi connectivity index (χ1v) is 10.5. The molecule has 0 saturated heterocycles. The van der Waals surface area contributed by atoms with Gasteiger partial charge in [0.05, 0.1) is 4.43 Å². The van der Waals surface area contributed by atoms with Crippen LogP contribution in [0.2, 0.25) is 0 Å². The van der Waals surface area contributed by atoms with Crippen LogP contribution < -0.4 is 5.32 Å². The highest BCUT2D eigenvalue weighted by Crippen LogP contribution is 2.24. The van der Waals surface area contributed by atoms with E-state index in [1.54, 1.807) is 6.07 Å². The van der Waals surface area contributed by atoms with Crippen molar-refractivity contribution in [3.8, 4) is 0 Å². The van der Waals surface area contributed by atoms with Crippen molar-refractivity contribution in [3.63, 3.8) is 0 Å². The summed E-state index contributed by atoms with van der Waals surface area (Å²) in [4.78, 5) is 14.8. The Hall–Kier alpha value is -1.41. The van der Waals surface area contributed by atoms with Crippen molar-refractivity contribution in [2.75, 3.05) is 26.7 Å². The number of hydrogen-bond acceptors (Lipinski definition) is 4. The number of carbonyl (C=O) groups is 1. The minimum absolute atomic E-state index is 0.185. The van der Waals surface area contributed by atoms with Crippen LogP contribution in [0.1, 0.15) is 48.5 Å². The molecule has 0 aliphatic rings. The number of amides is 1. The maximum absolute atomic E-state index is 12.5. The van der Waals surface area contributed by atoms with Crippen molar-refractivity contribution < 1.29 is 9.32 Å². The molecule has 2 rings (SSSR count). The summed E-state index contributed by atoms with van der Waals surface area (Å²) in [5, 5.41) is 6.91. The van der Waals surface area contributed by atoms with Crippen LogP contribution in [-0.2, 0) is 9.84 Å². The molecule has 1 aromatic heterocycles. The van der Waals surface area contributed by atoms with Gasteiger partial charge in [-0.1, -0.05) is 78.3 Å². The highest BCUT2D eigenvalue weighted by Gasteiger charge is 2.29. The van der Waals surface area contributed by atoms with E-state index in [0.717, 1.165) is 13.1 Å². The first kappa shape index (κ1) is 20.9. The number of rotatable bonds is 10. The summed E-state index contributed by atoms with van der Waals surface area (Å²) in [6, 6.07) is 12.1. The smallest absolute Gasteiger partial charge is 0.273 e. The molecule has 26 heavy (non-hydrogen) atoms. The van der Waals surface area contributed by atoms with Crippen molar-refractivity contribution in [1.29, 1.82) is 0 Å². The van der Waals surface area contributed by atoms with Gasteiger partial charge in [0.2, 0.25) is 0 Å². The lowest BCUT2D eigenvalue weighted by Gasteiger charge is -2.34. The third kappa shape index (κ3) is 5.81. The van der Waals surface area contributed by atoms with Gasteiger partial charge in [-0.15, -0.1) is 0 Å². The molecule has 1 unspecified atom stereocenters. The van der Waals surface area contributed by atoms with Crippen LogP contribution in [0.25, 0.3) is 0 Å². The summed E-state index contributed by atoms with van der Waals surface area (Å²) in [7, 11) is 2.14. The number of halogens is 1. The maximum Gasteiger partial charge on any atom is 0.273 e. The van der Waals surface area contributed by atoms with E-state index in [2.05, 4.69) is 71.0 Å². The molecule has 2 aromatic rings. The summed E-state index contributed by atoms with van der Waals surface area (Å²) in [5.74, 6) is 0.518. The largest absolute Gasteiger partial charge is 0.360 e. The molecule has 0 aliphatic heterocycles. The normalized spacial score (nSPS) is 13.6. The first-order chi connectivity index (χ1) is 12.5. The number of alkyl halides is 1.